The summed E-state index contributed by atoms with van der Waals surface area (Å²) < 4.78 is 3.51. The molecular formula is C23H23ClN6O. The van der Waals surface area contributed by atoms with Crippen LogP contribution < -0.4 is 5.32 Å². The minimum Gasteiger partial charge on any atom is -0.293 e. The van der Waals surface area contributed by atoms with E-state index in [1.54, 1.807) is 11.0 Å². The third-order valence-corrected chi connectivity index (χ3v) is 5.56. The smallest absolute Gasteiger partial charge is 0.248 e. The van der Waals surface area contributed by atoms with Crippen molar-refractivity contribution in [3.8, 4) is 5.69 Å². The molecule has 0 radical (unpaired) electrons. The van der Waals surface area contributed by atoms with Crippen molar-refractivity contribution in [1.29, 1.82) is 0 Å². The number of carbonyl (C=O) groups excluding carboxylic acids is 1. The van der Waals surface area contributed by atoms with Gasteiger partial charge < -0.3 is 0 Å². The van der Waals surface area contributed by atoms with Gasteiger partial charge in [-0.2, -0.15) is 5.10 Å². The molecule has 0 saturated carbocycles. The first-order chi connectivity index (χ1) is 14.9. The molecule has 4 rings (SSSR count). The van der Waals surface area contributed by atoms with Crippen LogP contribution in [0, 0.1) is 20.8 Å². The first-order valence-corrected chi connectivity index (χ1v) is 10.3. The van der Waals surface area contributed by atoms with E-state index in [0.29, 0.717) is 11.6 Å². The topological polar surface area (TPSA) is 77.6 Å². The second kappa shape index (κ2) is 8.73. The second-order valence-electron chi connectivity index (χ2n) is 7.47. The summed E-state index contributed by atoms with van der Waals surface area (Å²) in [5, 5.41) is 12.4. The first kappa shape index (κ1) is 20.8. The minimum absolute atomic E-state index is 0.185. The molecule has 4 aromatic rings. The summed E-state index contributed by atoms with van der Waals surface area (Å²) in [6.45, 7) is 6.39. The minimum atomic E-state index is -0.190. The molecule has 0 atom stereocenters. The fraction of sp³-hybridized carbons (Fsp3) is 0.217. The van der Waals surface area contributed by atoms with E-state index in [1.807, 2.05) is 74.0 Å². The van der Waals surface area contributed by atoms with Crippen molar-refractivity contribution in [2.45, 2.75) is 33.7 Å². The molecule has 0 aliphatic heterocycles. The predicted octanol–water partition coefficient (Wildman–Crippen LogP) is 4.27. The zero-order valence-corrected chi connectivity index (χ0v) is 18.4. The number of rotatable bonds is 6. The maximum atomic E-state index is 12.6. The predicted molar refractivity (Wildman–Crippen MR) is 121 cm³/mol. The lowest BCUT2D eigenvalue weighted by Crippen LogP contribution is -2.16. The van der Waals surface area contributed by atoms with E-state index in [9.17, 15) is 4.79 Å². The Morgan fingerprint density at radius 3 is 2.58 bits per heavy atom. The SMILES string of the molecule is Cc1ccc(-n2nc(C)c(CC(=O)Nc3ncn(Cc4ccccc4)n3)c2C)cc1Cl. The number of halogens is 1. The molecule has 1 amide bonds. The van der Waals surface area contributed by atoms with Crippen molar-refractivity contribution in [2.75, 3.05) is 5.32 Å². The van der Waals surface area contributed by atoms with E-state index in [-0.39, 0.29) is 18.3 Å². The van der Waals surface area contributed by atoms with Gasteiger partial charge in [0.05, 0.1) is 24.3 Å². The molecule has 8 heteroatoms. The number of benzene rings is 2. The Balaban J connectivity index is 1.45. The Kier molecular flexibility index (Phi) is 5.86. The second-order valence-corrected chi connectivity index (χ2v) is 7.88. The van der Waals surface area contributed by atoms with Crippen LogP contribution in [0.25, 0.3) is 5.69 Å². The number of anilines is 1. The molecule has 2 aromatic carbocycles. The lowest BCUT2D eigenvalue weighted by molar-refractivity contribution is -0.115. The number of hydrogen-bond acceptors (Lipinski definition) is 4. The van der Waals surface area contributed by atoms with Crippen molar-refractivity contribution in [3.63, 3.8) is 0 Å². The van der Waals surface area contributed by atoms with Gasteiger partial charge in [-0.25, -0.2) is 14.3 Å². The zero-order chi connectivity index (χ0) is 22.0. The van der Waals surface area contributed by atoms with Crippen LogP contribution in [-0.4, -0.2) is 30.5 Å². The molecule has 1 N–H and O–H groups in total. The summed E-state index contributed by atoms with van der Waals surface area (Å²) in [5.74, 6) is 0.0964. The molecule has 158 valence electrons. The van der Waals surface area contributed by atoms with Gasteiger partial charge in [0.25, 0.3) is 0 Å². The summed E-state index contributed by atoms with van der Waals surface area (Å²) >= 11 is 6.27. The normalized spacial score (nSPS) is 11.0. The average molecular weight is 435 g/mol. The largest absolute Gasteiger partial charge is 0.293 e. The highest BCUT2D eigenvalue weighted by atomic mass is 35.5. The van der Waals surface area contributed by atoms with Crippen LogP contribution in [0.2, 0.25) is 5.02 Å². The lowest BCUT2D eigenvalue weighted by Gasteiger charge is -2.07. The monoisotopic (exact) mass is 434 g/mol. The fourth-order valence-electron chi connectivity index (χ4n) is 3.42. The van der Waals surface area contributed by atoms with Gasteiger partial charge in [0.1, 0.15) is 6.33 Å². The van der Waals surface area contributed by atoms with Crippen molar-refractivity contribution in [1.82, 2.24) is 24.5 Å². The van der Waals surface area contributed by atoms with E-state index in [4.69, 9.17) is 11.6 Å². The molecule has 0 aliphatic carbocycles. The molecule has 0 spiro atoms. The number of amides is 1. The van der Waals surface area contributed by atoms with Crippen molar-refractivity contribution >= 4 is 23.5 Å². The maximum absolute atomic E-state index is 12.6. The quantitative estimate of drug-likeness (QED) is 0.491. The summed E-state index contributed by atoms with van der Waals surface area (Å²) in [6, 6.07) is 15.8. The van der Waals surface area contributed by atoms with Gasteiger partial charge in [-0.15, -0.1) is 5.10 Å². The standard InChI is InChI=1S/C23H23ClN6O/c1-15-9-10-19(11-21(15)24)30-17(3)20(16(2)27-30)12-22(31)26-23-25-14-29(28-23)13-18-7-5-4-6-8-18/h4-11,14H,12-13H2,1-3H3,(H,26,28,31). The molecule has 0 fully saturated rings. The van der Waals surface area contributed by atoms with E-state index in [1.165, 1.54) is 0 Å². The molecule has 0 aliphatic rings. The summed E-state index contributed by atoms with van der Waals surface area (Å²) in [6.07, 6.45) is 1.79. The van der Waals surface area contributed by atoms with Crippen LogP contribution in [-0.2, 0) is 17.8 Å². The third-order valence-electron chi connectivity index (χ3n) is 5.15. The first-order valence-electron chi connectivity index (χ1n) is 9.95. The van der Waals surface area contributed by atoms with Crippen LogP contribution >= 0.6 is 11.6 Å². The van der Waals surface area contributed by atoms with Gasteiger partial charge in [0.2, 0.25) is 11.9 Å². The number of aryl methyl sites for hydroxylation is 2. The maximum Gasteiger partial charge on any atom is 0.248 e. The highest BCUT2D eigenvalue weighted by molar-refractivity contribution is 6.31. The number of nitrogens with zero attached hydrogens (tertiary/aromatic N) is 5. The summed E-state index contributed by atoms with van der Waals surface area (Å²) in [7, 11) is 0. The van der Waals surface area contributed by atoms with Gasteiger partial charge in [-0.05, 0) is 44.0 Å². The number of carbonyl (C=O) groups is 1. The lowest BCUT2D eigenvalue weighted by atomic mass is 10.1. The summed E-state index contributed by atoms with van der Waals surface area (Å²) in [4.78, 5) is 16.8. The van der Waals surface area contributed by atoms with Crippen LogP contribution in [0.3, 0.4) is 0 Å². The Hall–Kier alpha value is -3.45. The van der Waals surface area contributed by atoms with Crippen molar-refractivity contribution in [3.05, 3.63) is 88.0 Å². The van der Waals surface area contributed by atoms with Crippen LogP contribution in [0.15, 0.2) is 54.9 Å². The van der Waals surface area contributed by atoms with Gasteiger partial charge in [0.15, 0.2) is 0 Å². The fourth-order valence-corrected chi connectivity index (χ4v) is 3.60. The molecule has 31 heavy (non-hydrogen) atoms. The van der Waals surface area contributed by atoms with Crippen LogP contribution in [0.4, 0.5) is 5.95 Å². The molecule has 0 saturated heterocycles. The molecule has 0 unspecified atom stereocenters. The van der Waals surface area contributed by atoms with Gasteiger partial charge in [0, 0.05) is 16.3 Å². The Morgan fingerprint density at radius 1 is 1.06 bits per heavy atom. The number of hydrogen-bond donors (Lipinski definition) is 1. The van der Waals surface area contributed by atoms with Crippen LogP contribution in [0.5, 0.6) is 0 Å². The number of aromatic nitrogens is 5. The zero-order valence-electron chi connectivity index (χ0n) is 17.6. The van der Waals surface area contributed by atoms with E-state index in [0.717, 1.165) is 33.8 Å². The molecule has 2 aromatic heterocycles. The Morgan fingerprint density at radius 2 is 1.84 bits per heavy atom. The van der Waals surface area contributed by atoms with Gasteiger partial charge in [-0.1, -0.05) is 48.0 Å². The van der Waals surface area contributed by atoms with Gasteiger partial charge >= 0.3 is 0 Å². The molecule has 2 heterocycles. The van der Waals surface area contributed by atoms with Crippen molar-refractivity contribution < 1.29 is 4.79 Å². The third kappa shape index (κ3) is 4.67. The molecular weight excluding hydrogens is 412 g/mol. The van der Waals surface area contributed by atoms with Crippen LogP contribution in [0.1, 0.15) is 28.1 Å². The van der Waals surface area contributed by atoms with E-state index >= 15 is 0 Å². The Labute approximate surface area is 185 Å². The van der Waals surface area contributed by atoms with E-state index in [2.05, 4.69) is 20.5 Å². The van der Waals surface area contributed by atoms with Crippen molar-refractivity contribution in [2.24, 2.45) is 0 Å². The van der Waals surface area contributed by atoms with E-state index < -0.39 is 0 Å². The average Bonchev–Trinajstić information content (AvgIpc) is 3.29. The van der Waals surface area contributed by atoms with Gasteiger partial charge in [-0.3, -0.25) is 10.1 Å². The molecule has 0 bridgehead atoms. The highest BCUT2D eigenvalue weighted by Crippen LogP contribution is 2.23. The number of nitrogens with one attached hydrogen (secondary N) is 1. The molecule has 7 nitrogen and oxygen atoms in total. The summed E-state index contributed by atoms with van der Waals surface area (Å²) in [5.41, 5.74) is 5.55. The highest BCUT2D eigenvalue weighted by Gasteiger charge is 2.17. The Bertz CT molecular complexity index is 1230.